The fourth-order valence-electron chi connectivity index (χ4n) is 2.12. The molecule has 1 N–H and O–H groups in total. The van der Waals surface area contributed by atoms with Crippen molar-refractivity contribution in [1.82, 2.24) is 0 Å². The lowest BCUT2D eigenvalue weighted by Crippen LogP contribution is -2.14. The fraction of sp³-hybridized carbons (Fsp3) is 0.300. The first-order valence-electron chi connectivity index (χ1n) is 8.37. The molecule has 1 amide bonds. The molecule has 2 aromatic carbocycles. The van der Waals surface area contributed by atoms with Gasteiger partial charge in [-0.05, 0) is 36.2 Å². The highest BCUT2D eigenvalue weighted by Gasteiger charge is 2.08. The van der Waals surface area contributed by atoms with E-state index in [0.29, 0.717) is 23.6 Å². The van der Waals surface area contributed by atoms with Crippen LogP contribution in [0.2, 0.25) is 0 Å². The molecule has 0 bridgehead atoms. The lowest BCUT2D eigenvalue weighted by Gasteiger charge is -2.07. The van der Waals surface area contributed by atoms with E-state index in [1.807, 2.05) is 37.3 Å². The molecule has 0 aliphatic carbocycles. The summed E-state index contributed by atoms with van der Waals surface area (Å²) in [5.41, 5.74) is 2.37. The maximum atomic E-state index is 12.0. The van der Waals surface area contributed by atoms with E-state index in [1.54, 1.807) is 36.0 Å². The van der Waals surface area contributed by atoms with Crippen molar-refractivity contribution in [2.75, 3.05) is 17.7 Å². The molecule has 132 valence electrons. The Morgan fingerprint density at radius 3 is 2.44 bits per heavy atom. The molecule has 0 aliphatic heterocycles. The zero-order valence-corrected chi connectivity index (χ0v) is 15.2. The first-order chi connectivity index (χ1) is 12.2. The summed E-state index contributed by atoms with van der Waals surface area (Å²) in [5.74, 6) is 0.802. The molecule has 2 aromatic rings. The summed E-state index contributed by atoms with van der Waals surface area (Å²) in [6.07, 6.45) is 1.85. The first-order valence-corrected chi connectivity index (χ1v) is 9.53. The van der Waals surface area contributed by atoms with E-state index in [2.05, 4.69) is 5.32 Å². The van der Waals surface area contributed by atoms with Crippen molar-refractivity contribution in [3.05, 3.63) is 65.7 Å². The topological polar surface area (TPSA) is 55.4 Å². The van der Waals surface area contributed by atoms with Crippen molar-refractivity contribution in [3.8, 4) is 0 Å². The highest BCUT2D eigenvalue weighted by molar-refractivity contribution is 7.99. The monoisotopic (exact) mass is 357 g/mol. The van der Waals surface area contributed by atoms with Crippen LogP contribution in [0.4, 0.5) is 5.69 Å². The van der Waals surface area contributed by atoms with Crippen LogP contribution in [0.25, 0.3) is 0 Å². The van der Waals surface area contributed by atoms with Gasteiger partial charge in [-0.3, -0.25) is 4.79 Å². The molecule has 0 fully saturated rings. The third kappa shape index (κ3) is 7.01. The second kappa shape index (κ2) is 10.6. The molecule has 5 heteroatoms. The molecule has 0 unspecified atom stereocenters. The molecule has 4 nitrogen and oxygen atoms in total. The van der Waals surface area contributed by atoms with Crippen LogP contribution in [0.3, 0.4) is 0 Å². The summed E-state index contributed by atoms with van der Waals surface area (Å²) < 4.78 is 5.15. The highest BCUT2D eigenvalue weighted by Crippen LogP contribution is 2.14. The summed E-state index contributed by atoms with van der Waals surface area (Å²) in [5, 5.41) is 2.83. The van der Waals surface area contributed by atoms with Gasteiger partial charge in [-0.15, -0.1) is 11.8 Å². The minimum Gasteiger partial charge on any atom is -0.462 e. The first kappa shape index (κ1) is 19.1. The number of thioether (sulfide) groups is 1. The number of esters is 1. The molecule has 0 saturated heterocycles. The molecule has 0 saturated carbocycles. The van der Waals surface area contributed by atoms with Gasteiger partial charge in [0.1, 0.15) is 0 Å². The Labute approximate surface area is 153 Å². The van der Waals surface area contributed by atoms with Gasteiger partial charge in [0.2, 0.25) is 5.91 Å². The number of amides is 1. The van der Waals surface area contributed by atoms with E-state index in [-0.39, 0.29) is 11.9 Å². The van der Waals surface area contributed by atoms with Crippen LogP contribution in [0, 0.1) is 0 Å². The molecule has 0 atom stereocenters. The van der Waals surface area contributed by atoms with Gasteiger partial charge in [-0.1, -0.05) is 43.7 Å². The molecular weight excluding hydrogens is 334 g/mol. The molecule has 0 heterocycles. The van der Waals surface area contributed by atoms with Gasteiger partial charge >= 0.3 is 5.97 Å². The van der Waals surface area contributed by atoms with Gasteiger partial charge in [-0.2, -0.15) is 0 Å². The molecule has 0 aromatic heterocycles. The van der Waals surface area contributed by atoms with E-state index in [0.717, 1.165) is 18.6 Å². The average Bonchev–Trinajstić information content (AvgIpc) is 2.63. The number of ether oxygens (including phenoxy) is 1. The summed E-state index contributed by atoms with van der Waals surface area (Å²) in [6.45, 7) is 2.48. The Morgan fingerprint density at radius 1 is 1.04 bits per heavy atom. The highest BCUT2D eigenvalue weighted by atomic mass is 32.2. The Balaban J connectivity index is 1.74. The lowest BCUT2D eigenvalue weighted by molar-refractivity contribution is -0.113. The predicted molar refractivity (Wildman–Crippen MR) is 103 cm³/mol. The van der Waals surface area contributed by atoms with Crippen LogP contribution in [0.15, 0.2) is 54.6 Å². The molecule has 0 aliphatic rings. The maximum Gasteiger partial charge on any atom is 0.338 e. The number of carbonyl (C=O) groups is 2. The zero-order valence-electron chi connectivity index (χ0n) is 14.4. The number of unbranched alkanes of at least 4 members (excludes halogenated alkanes) is 1. The van der Waals surface area contributed by atoms with E-state index >= 15 is 0 Å². The third-order valence-electron chi connectivity index (χ3n) is 3.48. The van der Waals surface area contributed by atoms with Crippen LogP contribution in [-0.2, 0) is 15.3 Å². The quantitative estimate of drug-likeness (QED) is 0.530. The maximum absolute atomic E-state index is 12.0. The normalized spacial score (nSPS) is 10.3. The number of benzene rings is 2. The molecule has 0 radical (unpaired) electrons. The fourth-order valence-corrected chi connectivity index (χ4v) is 2.90. The average molecular weight is 357 g/mol. The summed E-state index contributed by atoms with van der Waals surface area (Å²) in [7, 11) is 0. The molecule has 2 rings (SSSR count). The zero-order chi connectivity index (χ0) is 17.9. The number of hydrogen-bond acceptors (Lipinski definition) is 4. The van der Waals surface area contributed by atoms with E-state index in [4.69, 9.17) is 4.74 Å². The Morgan fingerprint density at radius 2 is 1.76 bits per heavy atom. The van der Waals surface area contributed by atoms with Gasteiger partial charge < -0.3 is 10.1 Å². The number of carbonyl (C=O) groups excluding carboxylic acids is 2. The van der Waals surface area contributed by atoms with Crippen molar-refractivity contribution >= 4 is 29.3 Å². The Hall–Kier alpha value is -2.27. The van der Waals surface area contributed by atoms with Gasteiger partial charge in [0, 0.05) is 11.4 Å². The third-order valence-corrected chi connectivity index (χ3v) is 4.48. The van der Waals surface area contributed by atoms with Crippen LogP contribution < -0.4 is 5.32 Å². The molecule has 25 heavy (non-hydrogen) atoms. The predicted octanol–water partition coefficient (Wildman–Crippen LogP) is 4.52. The summed E-state index contributed by atoms with van der Waals surface area (Å²) in [6, 6.07) is 16.8. The van der Waals surface area contributed by atoms with E-state index in [9.17, 15) is 9.59 Å². The summed E-state index contributed by atoms with van der Waals surface area (Å²) >= 11 is 1.57. The van der Waals surface area contributed by atoms with Crippen LogP contribution in [0.5, 0.6) is 0 Å². The van der Waals surface area contributed by atoms with Crippen molar-refractivity contribution < 1.29 is 14.3 Å². The van der Waals surface area contributed by atoms with Gasteiger partial charge in [0.25, 0.3) is 0 Å². The van der Waals surface area contributed by atoms with E-state index < -0.39 is 0 Å². The Kier molecular flexibility index (Phi) is 8.05. The van der Waals surface area contributed by atoms with Crippen molar-refractivity contribution in [3.63, 3.8) is 0 Å². The second-order valence-electron chi connectivity index (χ2n) is 5.59. The molecular formula is C20H23NO3S. The smallest absolute Gasteiger partial charge is 0.338 e. The SMILES string of the molecule is CCCCOC(=O)c1ccc(NC(=O)CSCc2ccccc2)cc1. The van der Waals surface area contributed by atoms with E-state index in [1.165, 1.54) is 5.56 Å². The number of anilines is 1. The van der Waals surface area contributed by atoms with Gasteiger partial charge in [-0.25, -0.2) is 4.79 Å². The number of nitrogens with one attached hydrogen (secondary N) is 1. The minimum absolute atomic E-state index is 0.0563. The van der Waals surface area contributed by atoms with Crippen LogP contribution in [0.1, 0.15) is 35.7 Å². The van der Waals surface area contributed by atoms with Crippen molar-refractivity contribution in [2.45, 2.75) is 25.5 Å². The van der Waals surface area contributed by atoms with Gasteiger partial charge in [0.05, 0.1) is 17.9 Å². The van der Waals surface area contributed by atoms with Crippen molar-refractivity contribution in [1.29, 1.82) is 0 Å². The second-order valence-corrected chi connectivity index (χ2v) is 6.58. The standard InChI is InChI=1S/C20H23NO3S/c1-2-3-13-24-20(23)17-9-11-18(12-10-17)21-19(22)15-25-14-16-7-5-4-6-8-16/h4-12H,2-3,13-15H2,1H3,(H,21,22). The van der Waals surface area contributed by atoms with Crippen LogP contribution in [-0.4, -0.2) is 24.2 Å². The largest absolute Gasteiger partial charge is 0.462 e. The van der Waals surface area contributed by atoms with Crippen molar-refractivity contribution in [2.24, 2.45) is 0 Å². The van der Waals surface area contributed by atoms with Gasteiger partial charge in [0.15, 0.2) is 0 Å². The Bertz CT molecular complexity index is 671. The number of rotatable bonds is 9. The lowest BCUT2D eigenvalue weighted by atomic mass is 10.2. The van der Waals surface area contributed by atoms with Crippen LogP contribution >= 0.6 is 11.8 Å². The minimum atomic E-state index is -0.329. The molecule has 0 spiro atoms. The summed E-state index contributed by atoms with van der Waals surface area (Å²) in [4.78, 5) is 23.8. The number of hydrogen-bond donors (Lipinski definition) is 1.